The highest BCUT2D eigenvalue weighted by molar-refractivity contribution is 7.13. The van der Waals surface area contributed by atoms with Crippen LogP contribution in [-0.2, 0) is 12.0 Å². The molecule has 2 aromatic heterocycles. The van der Waals surface area contributed by atoms with Crippen LogP contribution in [0.25, 0.3) is 0 Å². The van der Waals surface area contributed by atoms with Gasteiger partial charge in [-0.2, -0.15) is 4.98 Å². The van der Waals surface area contributed by atoms with Crippen LogP contribution in [0.4, 0.5) is 0 Å². The topological polar surface area (TPSA) is 80.9 Å². The summed E-state index contributed by atoms with van der Waals surface area (Å²) in [6, 6.07) is 0. The number of hydrogen-bond donors (Lipinski definition) is 1. The van der Waals surface area contributed by atoms with Crippen molar-refractivity contribution in [3.63, 3.8) is 0 Å². The van der Waals surface area contributed by atoms with Crippen LogP contribution < -0.4 is 5.32 Å². The van der Waals surface area contributed by atoms with Gasteiger partial charge in [-0.25, -0.2) is 4.98 Å². The third-order valence-electron chi connectivity index (χ3n) is 4.03. The molecule has 0 aliphatic heterocycles. The van der Waals surface area contributed by atoms with Gasteiger partial charge in [-0.3, -0.25) is 4.79 Å². The molecule has 1 aliphatic carbocycles. The minimum Gasteiger partial charge on any atom is -0.340 e. The summed E-state index contributed by atoms with van der Waals surface area (Å²) in [7, 11) is 0. The van der Waals surface area contributed by atoms with E-state index in [1.807, 2.05) is 6.92 Å². The van der Waals surface area contributed by atoms with Crippen LogP contribution in [0.1, 0.15) is 64.7 Å². The molecule has 1 saturated carbocycles. The highest BCUT2D eigenvalue weighted by Crippen LogP contribution is 2.40. The molecular weight excluding hydrogens is 300 g/mol. The molecule has 1 N–H and O–H groups in total. The number of rotatable bonds is 5. The van der Waals surface area contributed by atoms with Crippen LogP contribution in [0.2, 0.25) is 0 Å². The monoisotopic (exact) mass is 320 g/mol. The lowest BCUT2D eigenvalue weighted by molar-refractivity contribution is 0.0808. The van der Waals surface area contributed by atoms with Crippen molar-refractivity contribution < 1.29 is 9.32 Å². The quantitative estimate of drug-likeness (QED) is 0.916. The highest BCUT2D eigenvalue weighted by atomic mass is 32.1. The van der Waals surface area contributed by atoms with Gasteiger partial charge < -0.3 is 9.84 Å². The van der Waals surface area contributed by atoms with E-state index in [-0.39, 0.29) is 5.91 Å². The average Bonchev–Trinajstić information content (AvgIpc) is 3.01. The predicted molar refractivity (Wildman–Crippen MR) is 82.9 cm³/mol. The van der Waals surface area contributed by atoms with Crippen LogP contribution in [-0.4, -0.2) is 21.0 Å². The Morgan fingerprint density at radius 1 is 1.36 bits per heavy atom. The van der Waals surface area contributed by atoms with Gasteiger partial charge in [0.2, 0.25) is 5.89 Å². The number of aryl methyl sites for hydroxylation is 3. The first kappa shape index (κ1) is 15.1. The second kappa shape index (κ2) is 5.79. The molecule has 0 unspecified atom stereocenters. The molecule has 0 saturated heterocycles. The van der Waals surface area contributed by atoms with Gasteiger partial charge in [-0.05, 0) is 39.0 Å². The summed E-state index contributed by atoms with van der Waals surface area (Å²) in [4.78, 5) is 22.1. The van der Waals surface area contributed by atoms with Gasteiger partial charge in [0.25, 0.3) is 5.91 Å². The minimum atomic E-state index is -0.476. The van der Waals surface area contributed by atoms with E-state index in [0.29, 0.717) is 16.6 Å². The molecule has 2 aromatic rings. The largest absolute Gasteiger partial charge is 0.340 e. The average molecular weight is 320 g/mol. The maximum Gasteiger partial charge on any atom is 0.264 e. The molecule has 0 atom stereocenters. The summed E-state index contributed by atoms with van der Waals surface area (Å²) in [5.74, 6) is 1.02. The summed E-state index contributed by atoms with van der Waals surface area (Å²) in [6.07, 6.45) is 4.68. The van der Waals surface area contributed by atoms with E-state index in [9.17, 15) is 4.79 Å². The van der Waals surface area contributed by atoms with Crippen LogP contribution in [0, 0.1) is 13.8 Å². The highest BCUT2D eigenvalue weighted by Gasteiger charge is 2.44. The maximum absolute atomic E-state index is 12.6. The number of hydrogen-bond acceptors (Lipinski definition) is 6. The van der Waals surface area contributed by atoms with E-state index in [2.05, 4.69) is 27.4 Å². The molecule has 118 valence electrons. The van der Waals surface area contributed by atoms with Crippen molar-refractivity contribution in [2.24, 2.45) is 0 Å². The lowest BCUT2D eigenvalue weighted by Gasteiger charge is -2.39. The van der Waals surface area contributed by atoms with Crippen LogP contribution in [0.15, 0.2) is 4.52 Å². The molecular formula is C15H20N4O2S. The van der Waals surface area contributed by atoms with E-state index in [4.69, 9.17) is 4.52 Å². The van der Waals surface area contributed by atoms with Gasteiger partial charge in [0, 0.05) is 6.92 Å². The number of carbonyl (C=O) groups excluding carboxylic acids is 1. The Morgan fingerprint density at radius 3 is 2.68 bits per heavy atom. The zero-order valence-electron chi connectivity index (χ0n) is 13.1. The molecule has 0 aromatic carbocycles. The minimum absolute atomic E-state index is 0.0838. The first-order chi connectivity index (χ1) is 10.5. The number of aromatic nitrogens is 3. The van der Waals surface area contributed by atoms with Gasteiger partial charge in [0.15, 0.2) is 5.82 Å². The third kappa shape index (κ3) is 2.65. The van der Waals surface area contributed by atoms with E-state index in [1.165, 1.54) is 11.3 Å². The summed E-state index contributed by atoms with van der Waals surface area (Å²) >= 11 is 1.48. The fourth-order valence-corrected chi connectivity index (χ4v) is 3.75. The molecule has 2 heterocycles. The Balaban J connectivity index is 1.81. The number of nitrogens with one attached hydrogen (secondary N) is 1. The van der Waals surface area contributed by atoms with Crippen molar-refractivity contribution in [2.45, 2.75) is 58.4 Å². The maximum atomic E-state index is 12.6. The van der Waals surface area contributed by atoms with Crippen LogP contribution in [0.5, 0.6) is 0 Å². The van der Waals surface area contributed by atoms with E-state index >= 15 is 0 Å². The molecule has 22 heavy (non-hydrogen) atoms. The van der Waals surface area contributed by atoms with E-state index in [0.717, 1.165) is 42.8 Å². The number of carbonyl (C=O) groups is 1. The second-order valence-corrected chi connectivity index (χ2v) is 6.88. The Kier molecular flexibility index (Phi) is 3.99. The Bertz CT molecular complexity index is 688. The van der Waals surface area contributed by atoms with Gasteiger partial charge >= 0.3 is 0 Å². The van der Waals surface area contributed by atoms with E-state index < -0.39 is 5.54 Å². The van der Waals surface area contributed by atoms with Crippen molar-refractivity contribution >= 4 is 17.2 Å². The molecule has 0 spiro atoms. The normalized spacial score (nSPS) is 16.3. The third-order valence-corrected chi connectivity index (χ3v) is 5.24. The molecule has 7 heteroatoms. The summed E-state index contributed by atoms with van der Waals surface area (Å²) in [5, 5.41) is 8.14. The zero-order chi connectivity index (χ0) is 15.7. The van der Waals surface area contributed by atoms with Crippen LogP contribution in [0.3, 0.4) is 0 Å². The van der Waals surface area contributed by atoms with Crippen molar-refractivity contribution in [2.75, 3.05) is 0 Å². The molecule has 6 nitrogen and oxygen atoms in total. The summed E-state index contributed by atoms with van der Waals surface area (Å²) in [5.41, 5.74) is 0.320. The fourth-order valence-electron chi connectivity index (χ4n) is 2.69. The first-order valence-corrected chi connectivity index (χ1v) is 8.45. The number of amides is 1. The lowest BCUT2D eigenvalue weighted by atomic mass is 9.76. The fraction of sp³-hybridized carbons (Fsp3) is 0.600. The Hall–Kier alpha value is -1.76. The summed E-state index contributed by atoms with van der Waals surface area (Å²) in [6.45, 7) is 5.75. The Morgan fingerprint density at radius 2 is 2.14 bits per heavy atom. The van der Waals surface area contributed by atoms with Crippen molar-refractivity contribution in [1.29, 1.82) is 0 Å². The van der Waals surface area contributed by atoms with E-state index in [1.54, 1.807) is 6.92 Å². The van der Waals surface area contributed by atoms with Crippen molar-refractivity contribution in [3.8, 4) is 0 Å². The molecule has 1 amide bonds. The first-order valence-electron chi connectivity index (χ1n) is 7.63. The molecule has 0 radical (unpaired) electrons. The van der Waals surface area contributed by atoms with Gasteiger partial charge in [0.1, 0.15) is 10.4 Å². The SMILES string of the molecule is CCCc1nc(C)c(C(=O)NC2(c3noc(C)n3)CCC2)s1. The zero-order valence-corrected chi connectivity index (χ0v) is 13.9. The predicted octanol–water partition coefficient (Wildman–Crippen LogP) is 2.90. The van der Waals surface area contributed by atoms with Gasteiger partial charge in [-0.1, -0.05) is 12.1 Å². The van der Waals surface area contributed by atoms with Crippen LogP contribution >= 0.6 is 11.3 Å². The smallest absolute Gasteiger partial charge is 0.264 e. The van der Waals surface area contributed by atoms with Crippen molar-refractivity contribution in [3.05, 3.63) is 27.3 Å². The molecule has 0 bridgehead atoms. The number of nitrogens with zero attached hydrogens (tertiary/aromatic N) is 3. The molecule has 1 aliphatic rings. The second-order valence-electron chi connectivity index (χ2n) is 5.80. The molecule has 3 rings (SSSR count). The van der Waals surface area contributed by atoms with Crippen molar-refractivity contribution in [1.82, 2.24) is 20.4 Å². The summed E-state index contributed by atoms with van der Waals surface area (Å²) < 4.78 is 5.07. The van der Waals surface area contributed by atoms with Gasteiger partial charge in [-0.15, -0.1) is 11.3 Å². The Labute approximate surface area is 133 Å². The number of thiazole rings is 1. The standard InChI is InChI=1S/C15H20N4O2S/c1-4-6-11-16-9(2)12(22-11)13(20)18-15(7-5-8-15)14-17-10(3)21-19-14/h4-8H2,1-3H3,(H,18,20). The lowest BCUT2D eigenvalue weighted by Crippen LogP contribution is -2.51. The van der Waals surface area contributed by atoms with Gasteiger partial charge in [0.05, 0.1) is 10.7 Å². The molecule has 1 fully saturated rings.